The summed E-state index contributed by atoms with van der Waals surface area (Å²) in [4.78, 5) is 17.1. The van der Waals surface area contributed by atoms with Gasteiger partial charge in [0.25, 0.3) is 0 Å². The van der Waals surface area contributed by atoms with Gasteiger partial charge >= 0.3 is 0 Å². The van der Waals surface area contributed by atoms with Crippen LogP contribution in [-0.2, 0) is 21.2 Å². The van der Waals surface area contributed by atoms with Gasteiger partial charge in [0, 0.05) is 24.2 Å². The molecule has 3 heterocycles. The van der Waals surface area contributed by atoms with Crippen LogP contribution in [0.3, 0.4) is 0 Å². The number of amides is 1. The predicted molar refractivity (Wildman–Crippen MR) is 116 cm³/mol. The van der Waals surface area contributed by atoms with Crippen LogP contribution >= 0.6 is 11.3 Å². The zero-order valence-corrected chi connectivity index (χ0v) is 18.3. The highest BCUT2D eigenvalue weighted by Crippen LogP contribution is 2.26. The minimum atomic E-state index is -3.47. The van der Waals surface area contributed by atoms with Gasteiger partial charge in [-0.1, -0.05) is 6.42 Å². The lowest BCUT2D eigenvalue weighted by Crippen LogP contribution is -2.35. The van der Waals surface area contributed by atoms with E-state index in [0.717, 1.165) is 30.0 Å². The fourth-order valence-corrected chi connectivity index (χ4v) is 5.68. The molecule has 2 aromatic heterocycles. The highest BCUT2D eigenvalue weighted by molar-refractivity contribution is 7.89. The number of hydrogen-bond donors (Lipinski definition) is 1. The summed E-state index contributed by atoms with van der Waals surface area (Å²) in [6, 6.07) is 10.1. The van der Waals surface area contributed by atoms with Crippen LogP contribution < -0.4 is 5.32 Å². The van der Waals surface area contributed by atoms with Crippen molar-refractivity contribution in [2.45, 2.75) is 37.5 Å². The maximum Gasteiger partial charge on any atom is 0.243 e. The first-order valence-electron chi connectivity index (χ1n) is 9.83. The molecule has 1 fully saturated rings. The van der Waals surface area contributed by atoms with Crippen LogP contribution in [-0.4, -0.2) is 36.7 Å². The van der Waals surface area contributed by atoms with E-state index in [1.807, 2.05) is 24.4 Å². The third-order valence-electron chi connectivity index (χ3n) is 4.94. The fourth-order valence-electron chi connectivity index (χ4n) is 3.39. The summed E-state index contributed by atoms with van der Waals surface area (Å²) in [5, 5.41) is 5.36. The number of carbonyl (C=O) groups is 1. The average molecular weight is 446 g/mol. The van der Waals surface area contributed by atoms with Crippen molar-refractivity contribution in [1.29, 1.82) is 0 Å². The number of piperidine rings is 1. The molecule has 1 aliphatic heterocycles. The largest absolute Gasteiger partial charge is 0.459 e. The Morgan fingerprint density at radius 2 is 1.87 bits per heavy atom. The van der Waals surface area contributed by atoms with E-state index in [-0.39, 0.29) is 17.2 Å². The summed E-state index contributed by atoms with van der Waals surface area (Å²) < 4.78 is 32.5. The highest BCUT2D eigenvalue weighted by atomic mass is 32.2. The number of aryl methyl sites for hydroxylation is 1. The Bertz CT molecular complexity index is 1130. The Balaban J connectivity index is 1.37. The zero-order valence-electron chi connectivity index (χ0n) is 16.6. The molecule has 0 aliphatic carbocycles. The van der Waals surface area contributed by atoms with Crippen molar-refractivity contribution in [3.05, 3.63) is 53.2 Å². The topological polar surface area (TPSA) is 92.5 Å². The molecule has 1 aromatic carbocycles. The summed E-state index contributed by atoms with van der Waals surface area (Å²) in [6.07, 6.45) is 2.99. The van der Waals surface area contributed by atoms with Crippen molar-refractivity contribution in [2.24, 2.45) is 0 Å². The Hall–Kier alpha value is -2.49. The van der Waals surface area contributed by atoms with Gasteiger partial charge in [0.15, 0.2) is 10.8 Å². The third-order valence-corrected chi connectivity index (χ3v) is 7.75. The lowest BCUT2D eigenvalue weighted by molar-refractivity contribution is -0.115. The predicted octanol–water partition coefficient (Wildman–Crippen LogP) is 4.07. The van der Waals surface area contributed by atoms with Crippen molar-refractivity contribution in [2.75, 3.05) is 18.4 Å². The molecule has 0 radical (unpaired) electrons. The number of nitrogens with zero attached hydrogens (tertiary/aromatic N) is 2. The van der Waals surface area contributed by atoms with Crippen LogP contribution in [0.15, 0.2) is 51.1 Å². The van der Waals surface area contributed by atoms with Crippen LogP contribution in [0.25, 0.3) is 10.8 Å². The maximum atomic E-state index is 12.7. The van der Waals surface area contributed by atoms with E-state index >= 15 is 0 Å². The van der Waals surface area contributed by atoms with Gasteiger partial charge in [-0.15, -0.1) is 11.3 Å². The summed E-state index contributed by atoms with van der Waals surface area (Å²) in [5.41, 5.74) is 1.21. The maximum absolute atomic E-state index is 12.7. The van der Waals surface area contributed by atoms with Crippen molar-refractivity contribution < 1.29 is 17.6 Å². The molecule has 158 valence electrons. The first-order valence-corrected chi connectivity index (χ1v) is 12.1. The van der Waals surface area contributed by atoms with E-state index in [1.165, 1.54) is 15.6 Å². The minimum absolute atomic E-state index is 0.129. The Kier molecular flexibility index (Phi) is 6.03. The van der Waals surface area contributed by atoms with Gasteiger partial charge in [0.1, 0.15) is 5.76 Å². The molecule has 1 aliphatic rings. The molecule has 0 bridgehead atoms. The van der Waals surface area contributed by atoms with Crippen LogP contribution in [0.5, 0.6) is 0 Å². The van der Waals surface area contributed by atoms with Gasteiger partial charge in [-0.05, 0) is 56.2 Å². The fraction of sp³-hybridized carbons (Fsp3) is 0.333. The van der Waals surface area contributed by atoms with E-state index in [4.69, 9.17) is 4.42 Å². The van der Waals surface area contributed by atoms with Gasteiger partial charge in [0.05, 0.1) is 17.0 Å². The molecule has 3 aromatic rings. The molecule has 9 heteroatoms. The highest BCUT2D eigenvalue weighted by Gasteiger charge is 2.25. The number of rotatable bonds is 6. The van der Waals surface area contributed by atoms with Crippen LogP contribution in [0.2, 0.25) is 0 Å². The van der Waals surface area contributed by atoms with Gasteiger partial charge in [-0.2, -0.15) is 4.31 Å². The molecule has 1 amide bonds. The second-order valence-electron chi connectivity index (χ2n) is 7.27. The number of sulfonamides is 1. The molecule has 1 N–H and O–H groups in total. The SMILES string of the molecule is Cc1ccc(-c2nc(CC(=O)Nc3ccc(S(=O)(=O)N4CCCCC4)cc3)cs2)o1. The third kappa shape index (κ3) is 4.63. The molecule has 7 nitrogen and oxygen atoms in total. The lowest BCUT2D eigenvalue weighted by Gasteiger charge is -2.25. The Morgan fingerprint density at radius 3 is 2.53 bits per heavy atom. The van der Waals surface area contributed by atoms with Crippen LogP contribution in [0.1, 0.15) is 30.7 Å². The second-order valence-corrected chi connectivity index (χ2v) is 10.1. The number of furan rings is 1. The standard InChI is InChI=1S/C21H23N3O4S2/c1-15-5-10-19(28-15)21-23-17(14-29-21)13-20(25)22-16-6-8-18(9-7-16)30(26,27)24-11-3-2-4-12-24/h5-10,14H,2-4,11-13H2,1H3,(H,22,25). The summed E-state index contributed by atoms with van der Waals surface area (Å²) in [7, 11) is -3.47. The molecule has 1 saturated heterocycles. The lowest BCUT2D eigenvalue weighted by atomic mass is 10.2. The first-order chi connectivity index (χ1) is 14.4. The molecule has 0 atom stereocenters. The Morgan fingerprint density at radius 1 is 1.13 bits per heavy atom. The summed E-state index contributed by atoms with van der Waals surface area (Å²) in [5.74, 6) is 1.29. The second kappa shape index (κ2) is 8.71. The molecule has 30 heavy (non-hydrogen) atoms. The van der Waals surface area contributed by atoms with E-state index in [0.29, 0.717) is 30.2 Å². The number of thiazole rings is 1. The molecule has 0 saturated carbocycles. The minimum Gasteiger partial charge on any atom is -0.459 e. The molecule has 0 unspecified atom stereocenters. The summed E-state index contributed by atoms with van der Waals surface area (Å²) >= 11 is 1.43. The van der Waals surface area contributed by atoms with Crippen molar-refractivity contribution in [3.63, 3.8) is 0 Å². The van der Waals surface area contributed by atoms with Gasteiger partial charge in [-0.25, -0.2) is 13.4 Å². The van der Waals surface area contributed by atoms with Gasteiger partial charge in [0.2, 0.25) is 15.9 Å². The van der Waals surface area contributed by atoms with Crippen molar-refractivity contribution >= 4 is 33.0 Å². The molecule has 0 spiro atoms. The summed E-state index contributed by atoms with van der Waals surface area (Å²) in [6.45, 7) is 3.00. The smallest absolute Gasteiger partial charge is 0.243 e. The normalized spacial score (nSPS) is 15.2. The number of carbonyl (C=O) groups excluding carboxylic acids is 1. The zero-order chi connectivity index (χ0) is 21.1. The van der Waals surface area contributed by atoms with E-state index in [9.17, 15) is 13.2 Å². The monoisotopic (exact) mass is 445 g/mol. The van der Waals surface area contributed by atoms with Gasteiger partial charge in [-0.3, -0.25) is 4.79 Å². The number of nitrogens with one attached hydrogen (secondary N) is 1. The Labute approximate surface area is 179 Å². The number of aromatic nitrogens is 1. The molecular formula is C21H23N3O4S2. The van der Waals surface area contributed by atoms with Crippen LogP contribution in [0, 0.1) is 6.92 Å². The molecule has 4 rings (SSSR count). The average Bonchev–Trinajstić information content (AvgIpc) is 3.38. The van der Waals surface area contributed by atoms with Gasteiger partial charge < -0.3 is 9.73 Å². The van der Waals surface area contributed by atoms with Crippen molar-refractivity contribution in [1.82, 2.24) is 9.29 Å². The number of hydrogen-bond acceptors (Lipinski definition) is 6. The number of anilines is 1. The first kappa shape index (κ1) is 20.8. The quantitative estimate of drug-likeness (QED) is 0.617. The molecular weight excluding hydrogens is 422 g/mol. The van der Waals surface area contributed by atoms with Crippen molar-refractivity contribution in [3.8, 4) is 10.8 Å². The van der Waals surface area contributed by atoms with Crippen LogP contribution in [0.4, 0.5) is 5.69 Å². The van der Waals surface area contributed by atoms with E-state index < -0.39 is 10.0 Å². The van der Waals surface area contributed by atoms with E-state index in [2.05, 4.69) is 10.3 Å². The number of benzene rings is 1. The van der Waals surface area contributed by atoms with E-state index in [1.54, 1.807) is 24.3 Å².